The molecule has 0 spiro atoms. The number of benzene rings is 1. The van der Waals surface area contributed by atoms with Crippen molar-refractivity contribution in [2.24, 2.45) is 0 Å². The monoisotopic (exact) mass is 282 g/mol. The molecule has 0 amide bonds. The first kappa shape index (κ1) is 13.4. The summed E-state index contributed by atoms with van der Waals surface area (Å²) < 4.78 is 7.63. The van der Waals surface area contributed by atoms with Crippen LogP contribution in [0.4, 0.5) is 5.69 Å². The number of rotatable bonds is 5. The molecule has 5 nitrogen and oxygen atoms in total. The molecule has 0 unspecified atom stereocenters. The third-order valence-corrected chi connectivity index (χ3v) is 3.42. The number of pyridine rings is 1. The van der Waals surface area contributed by atoms with E-state index < -0.39 is 0 Å². The summed E-state index contributed by atoms with van der Waals surface area (Å²) >= 11 is 0. The number of fused-ring (bicyclic) bond motifs is 1. The molecule has 0 saturated carbocycles. The number of nitrogens with zero attached hydrogens (tertiary/aromatic N) is 3. The van der Waals surface area contributed by atoms with Crippen LogP contribution in [0.1, 0.15) is 17.8 Å². The molecule has 0 bridgehead atoms. The van der Waals surface area contributed by atoms with Crippen molar-refractivity contribution in [1.29, 1.82) is 0 Å². The third-order valence-electron chi connectivity index (χ3n) is 3.42. The van der Waals surface area contributed by atoms with Crippen molar-refractivity contribution < 1.29 is 4.74 Å². The van der Waals surface area contributed by atoms with Gasteiger partial charge in [0.15, 0.2) is 5.65 Å². The second-order valence-electron chi connectivity index (χ2n) is 5.02. The van der Waals surface area contributed by atoms with Crippen LogP contribution < -0.4 is 10.5 Å². The van der Waals surface area contributed by atoms with Crippen molar-refractivity contribution >= 4 is 11.3 Å². The van der Waals surface area contributed by atoms with Crippen molar-refractivity contribution in [2.45, 2.75) is 19.8 Å². The zero-order valence-corrected chi connectivity index (χ0v) is 12.0. The first-order valence-corrected chi connectivity index (χ1v) is 7.01. The van der Waals surface area contributed by atoms with Gasteiger partial charge in [-0.2, -0.15) is 0 Å². The summed E-state index contributed by atoms with van der Waals surface area (Å²) in [6.45, 7) is 2.62. The van der Waals surface area contributed by atoms with Crippen LogP contribution in [-0.2, 0) is 6.42 Å². The molecule has 108 valence electrons. The molecule has 0 radical (unpaired) electrons. The lowest BCUT2D eigenvalue weighted by Crippen LogP contribution is -2.03. The average Bonchev–Trinajstić information content (AvgIpc) is 2.87. The molecule has 0 aliphatic heterocycles. The molecule has 0 atom stereocenters. The topological polar surface area (TPSA) is 65.4 Å². The van der Waals surface area contributed by atoms with Crippen molar-refractivity contribution in [1.82, 2.24) is 14.6 Å². The molecule has 0 aliphatic carbocycles. The second-order valence-corrected chi connectivity index (χ2v) is 5.02. The molecule has 0 aliphatic rings. The Morgan fingerprint density at radius 2 is 2.00 bits per heavy atom. The van der Waals surface area contributed by atoms with Gasteiger partial charge in [-0.25, -0.2) is 0 Å². The van der Waals surface area contributed by atoms with Crippen LogP contribution in [0.5, 0.6) is 5.75 Å². The van der Waals surface area contributed by atoms with E-state index in [-0.39, 0.29) is 0 Å². The van der Waals surface area contributed by atoms with Gasteiger partial charge in [0, 0.05) is 12.6 Å². The number of hydrogen-bond donors (Lipinski definition) is 1. The highest BCUT2D eigenvalue weighted by atomic mass is 16.5. The number of aromatic nitrogens is 3. The molecule has 0 fully saturated rings. The lowest BCUT2D eigenvalue weighted by Gasteiger charge is -2.06. The second kappa shape index (κ2) is 5.83. The molecule has 3 aromatic rings. The Labute approximate surface area is 123 Å². The highest BCUT2D eigenvalue weighted by Crippen LogP contribution is 2.15. The van der Waals surface area contributed by atoms with E-state index in [2.05, 4.69) is 10.2 Å². The highest BCUT2D eigenvalue weighted by molar-refractivity contribution is 5.53. The Hall–Kier alpha value is -2.56. The van der Waals surface area contributed by atoms with E-state index in [4.69, 9.17) is 10.5 Å². The summed E-state index contributed by atoms with van der Waals surface area (Å²) in [6.07, 6.45) is 3.57. The Kier molecular flexibility index (Phi) is 3.73. The Morgan fingerprint density at radius 3 is 2.81 bits per heavy atom. The van der Waals surface area contributed by atoms with Gasteiger partial charge in [-0.05, 0) is 37.1 Å². The number of anilines is 1. The van der Waals surface area contributed by atoms with E-state index in [9.17, 15) is 0 Å². The van der Waals surface area contributed by atoms with Gasteiger partial charge < -0.3 is 10.5 Å². The maximum atomic E-state index is 5.94. The van der Waals surface area contributed by atoms with Gasteiger partial charge in [-0.3, -0.25) is 4.40 Å². The van der Waals surface area contributed by atoms with Gasteiger partial charge in [0.25, 0.3) is 0 Å². The smallest absolute Gasteiger partial charge is 0.161 e. The minimum Gasteiger partial charge on any atom is -0.494 e. The summed E-state index contributed by atoms with van der Waals surface area (Å²) in [5, 5.41) is 8.40. The molecule has 5 heteroatoms. The molecular weight excluding hydrogens is 264 g/mol. The van der Waals surface area contributed by atoms with Crippen molar-refractivity contribution in [3.05, 3.63) is 54.0 Å². The quantitative estimate of drug-likeness (QED) is 0.731. The summed E-state index contributed by atoms with van der Waals surface area (Å²) in [4.78, 5) is 0. The molecule has 21 heavy (non-hydrogen) atoms. The number of nitrogen functional groups attached to an aromatic ring is 1. The normalized spacial score (nSPS) is 10.9. The van der Waals surface area contributed by atoms with E-state index in [1.165, 1.54) is 0 Å². The lowest BCUT2D eigenvalue weighted by molar-refractivity contribution is 0.309. The predicted octanol–water partition coefficient (Wildman–Crippen LogP) is 2.63. The lowest BCUT2D eigenvalue weighted by atomic mass is 10.2. The van der Waals surface area contributed by atoms with E-state index in [1.54, 1.807) is 0 Å². The molecule has 2 heterocycles. The maximum Gasteiger partial charge on any atom is 0.161 e. The zero-order valence-electron chi connectivity index (χ0n) is 12.0. The number of para-hydroxylation sites is 1. The minimum absolute atomic E-state index is 0.653. The van der Waals surface area contributed by atoms with Crippen LogP contribution in [0, 0.1) is 6.92 Å². The van der Waals surface area contributed by atoms with Crippen LogP contribution in [0.15, 0.2) is 42.6 Å². The fraction of sp³-hybridized carbons (Fsp3) is 0.250. The maximum absolute atomic E-state index is 5.94. The van der Waals surface area contributed by atoms with Crippen LogP contribution in [0.3, 0.4) is 0 Å². The van der Waals surface area contributed by atoms with Crippen molar-refractivity contribution in [3.8, 4) is 5.75 Å². The van der Waals surface area contributed by atoms with Gasteiger partial charge in [0.1, 0.15) is 11.6 Å². The number of hydrogen-bond acceptors (Lipinski definition) is 4. The Bertz CT molecular complexity index is 737. The number of ether oxygens (including phenoxy) is 1. The summed E-state index contributed by atoms with van der Waals surface area (Å²) in [7, 11) is 0. The third kappa shape index (κ3) is 2.97. The van der Waals surface area contributed by atoms with Gasteiger partial charge in [0.05, 0.1) is 12.3 Å². The van der Waals surface area contributed by atoms with Gasteiger partial charge in [0.2, 0.25) is 0 Å². The summed E-state index contributed by atoms with van der Waals surface area (Å²) in [5.74, 6) is 1.80. The van der Waals surface area contributed by atoms with Gasteiger partial charge in [-0.15, -0.1) is 10.2 Å². The fourth-order valence-electron chi connectivity index (χ4n) is 2.20. The standard InChI is InChI=1S/C16H18N4O/c1-12-10-16-19-18-15(20(16)11-14(12)17)8-5-9-21-13-6-3-2-4-7-13/h2-4,6-7,10-11H,5,8-9,17H2,1H3. The molecule has 2 aromatic heterocycles. The summed E-state index contributed by atoms with van der Waals surface area (Å²) in [5.41, 5.74) is 8.55. The first-order valence-electron chi connectivity index (χ1n) is 7.01. The van der Waals surface area contributed by atoms with Crippen LogP contribution in [0.25, 0.3) is 5.65 Å². The molecular formula is C16H18N4O. The highest BCUT2D eigenvalue weighted by Gasteiger charge is 2.07. The molecule has 3 rings (SSSR count). The largest absolute Gasteiger partial charge is 0.494 e. The van der Waals surface area contributed by atoms with Gasteiger partial charge in [-0.1, -0.05) is 18.2 Å². The SMILES string of the molecule is Cc1cc2nnc(CCCOc3ccccc3)n2cc1N. The van der Waals surface area contributed by atoms with E-state index in [0.29, 0.717) is 6.61 Å². The summed E-state index contributed by atoms with van der Waals surface area (Å²) in [6, 6.07) is 11.8. The van der Waals surface area contributed by atoms with Gasteiger partial charge >= 0.3 is 0 Å². The predicted molar refractivity (Wildman–Crippen MR) is 82.4 cm³/mol. The molecule has 2 N–H and O–H groups in total. The minimum atomic E-state index is 0.653. The number of nitrogens with two attached hydrogens (primary N) is 1. The first-order chi connectivity index (χ1) is 10.2. The fourth-order valence-corrected chi connectivity index (χ4v) is 2.20. The van der Waals surface area contributed by atoms with Crippen LogP contribution >= 0.6 is 0 Å². The van der Waals surface area contributed by atoms with E-state index in [1.807, 2.05) is 53.9 Å². The Morgan fingerprint density at radius 1 is 1.19 bits per heavy atom. The molecule has 0 saturated heterocycles. The van der Waals surface area contributed by atoms with Crippen molar-refractivity contribution in [3.63, 3.8) is 0 Å². The van der Waals surface area contributed by atoms with E-state index >= 15 is 0 Å². The van der Waals surface area contributed by atoms with Crippen LogP contribution in [0.2, 0.25) is 0 Å². The molecule has 1 aromatic carbocycles. The average molecular weight is 282 g/mol. The Balaban J connectivity index is 1.62. The van der Waals surface area contributed by atoms with Crippen molar-refractivity contribution in [2.75, 3.05) is 12.3 Å². The zero-order chi connectivity index (χ0) is 14.7. The van der Waals surface area contributed by atoms with Crippen LogP contribution in [-0.4, -0.2) is 21.2 Å². The van der Waals surface area contributed by atoms with E-state index in [0.717, 1.165) is 41.3 Å². The number of aryl methyl sites for hydroxylation is 2.